The molecule has 5 nitrogen and oxygen atoms in total. The van der Waals surface area contributed by atoms with E-state index in [1.165, 1.54) is 6.07 Å². The Kier molecular flexibility index (Phi) is 5.02. The summed E-state index contributed by atoms with van der Waals surface area (Å²) in [7, 11) is 2.00. The Balaban J connectivity index is 1.72. The molecule has 0 spiro atoms. The maximum absolute atomic E-state index is 14.3. The molecule has 1 fully saturated rings. The van der Waals surface area contributed by atoms with E-state index < -0.39 is 0 Å². The number of anilines is 2. The van der Waals surface area contributed by atoms with E-state index in [0.717, 1.165) is 36.7 Å². The molecule has 1 saturated heterocycles. The van der Waals surface area contributed by atoms with Gasteiger partial charge in [0.2, 0.25) is 0 Å². The van der Waals surface area contributed by atoms with Crippen LogP contribution in [0, 0.1) is 5.82 Å². The molecule has 4 rings (SSSR count). The van der Waals surface area contributed by atoms with Crippen LogP contribution in [0.2, 0.25) is 0 Å². The summed E-state index contributed by atoms with van der Waals surface area (Å²) < 4.78 is 20.2. The second-order valence-corrected chi connectivity index (χ2v) is 7.68. The number of hydrogen-bond acceptors (Lipinski definition) is 5. The van der Waals surface area contributed by atoms with E-state index in [-0.39, 0.29) is 11.9 Å². The van der Waals surface area contributed by atoms with Crippen molar-refractivity contribution in [3.05, 3.63) is 42.3 Å². The van der Waals surface area contributed by atoms with Crippen LogP contribution in [0.25, 0.3) is 11.1 Å². The molecule has 0 N–H and O–H groups in total. The largest absolute Gasteiger partial charge is 0.359 e. The molecule has 0 aliphatic carbocycles. The highest BCUT2D eigenvalue weighted by Gasteiger charge is 2.32. The lowest BCUT2D eigenvalue weighted by Crippen LogP contribution is -2.58. The minimum absolute atomic E-state index is 0.229. The van der Waals surface area contributed by atoms with Crippen molar-refractivity contribution in [3.8, 4) is 11.1 Å². The number of benzene rings is 1. The molecule has 6 heteroatoms. The van der Waals surface area contributed by atoms with Crippen LogP contribution in [0.3, 0.4) is 0 Å². The van der Waals surface area contributed by atoms with E-state index in [1.54, 1.807) is 18.3 Å². The Labute approximate surface area is 160 Å². The quantitative estimate of drug-likeness (QED) is 0.810. The van der Waals surface area contributed by atoms with Crippen molar-refractivity contribution in [3.63, 3.8) is 0 Å². The van der Waals surface area contributed by atoms with Gasteiger partial charge in [-0.1, -0.05) is 18.2 Å². The number of hydrogen-bond donors (Lipinski definition) is 0. The number of ether oxygens (including phenoxy) is 1. The number of rotatable bonds is 2. The summed E-state index contributed by atoms with van der Waals surface area (Å²) in [6.45, 7) is 8.55. The SMILES string of the molecule is CC(C)N1CCN2c3ncc(-c4ccccc4F)cc3N(C)COC[C@@H]2C1. The van der Waals surface area contributed by atoms with Crippen molar-refractivity contribution in [1.82, 2.24) is 9.88 Å². The number of fused-ring (bicyclic) bond motifs is 3. The first-order valence-electron chi connectivity index (χ1n) is 9.59. The summed E-state index contributed by atoms with van der Waals surface area (Å²) >= 11 is 0. The average molecular weight is 370 g/mol. The summed E-state index contributed by atoms with van der Waals surface area (Å²) in [6.07, 6.45) is 1.79. The van der Waals surface area contributed by atoms with Crippen molar-refractivity contribution in [2.24, 2.45) is 0 Å². The monoisotopic (exact) mass is 370 g/mol. The molecule has 27 heavy (non-hydrogen) atoms. The summed E-state index contributed by atoms with van der Waals surface area (Å²) in [5.41, 5.74) is 2.35. The maximum atomic E-state index is 14.3. The van der Waals surface area contributed by atoms with E-state index >= 15 is 0 Å². The summed E-state index contributed by atoms with van der Waals surface area (Å²) in [5.74, 6) is 0.738. The van der Waals surface area contributed by atoms with Crippen LogP contribution in [-0.4, -0.2) is 62.0 Å². The van der Waals surface area contributed by atoms with E-state index in [9.17, 15) is 4.39 Å². The minimum atomic E-state index is -0.229. The molecule has 0 unspecified atom stereocenters. The van der Waals surface area contributed by atoms with Gasteiger partial charge in [0.25, 0.3) is 0 Å². The van der Waals surface area contributed by atoms with Crippen LogP contribution in [0.5, 0.6) is 0 Å². The zero-order valence-corrected chi connectivity index (χ0v) is 16.2. The van der Waals surface area contributed by atoms with E-state index in [0.29, 0.717) is 24.9 Å². The van der Waals surface area contributed by atoms with Gasteiger partial charge in [-0.3, -0.25) is 4.90 Å². The highest BCUT2D eigenvalue weighted by molar-refractivity contribution is 5.76. The summed E-state index contributed by atoms with van der Waals surface area (Å²) in [5, 5.41) is 0. The van der Waals surface area contributed by atoms with Crippen molar-refractivity contribution in [2.45, 2.75) is 25.9 Å². The highest BCUT2D eigenvalue weighted by atomic mass is 19.1. The van der Waals surface area contributed by atoms with Gasteiger partial charge in [-0.25, -0.2) is 9.37 Å². The standard InChI is InChI=1S/C21H27FN4O/c1-15(2)25-8-9-26-17(12-25)13-27-14-24(3)20-10-16(11-23-21(20)26)18-6-4-5-7-19(18)22/h4-7,10-11,15,17H,8-9,12-14H2,1-3H3/t17-/m0/s1. The Bertz CT molecular complexity index is 813. The van der Waals surface area contributed by atoms with Crippen molar-refractivity contribution >= 4 is 11.5 Å². The number of halogens is 1. The second kappa shape index (κ2) is 7.44. The lowest BCUT2D eigenvalue weighted by Gasteiger charge is -2.45. The van der Waals surface area contributed by atoms with E-state index in [1.807, 2.05) is 19.2 Å². The van der Waals surface area contributed by atoms with E-state index in [4.69, 9.17) is 9.72 Å². The predicted octanol–water partition coefficient (Wildman–Crippen LogP) is 3.21. The molecular weight excluding hydrogens is 343 g/mol. The molecule has 0 bridgehead atoms. The first-order chi connectivity index (χ1) is 13.0. The third-order valence-electron chi connectivity index (χ3n) is 5.56. The van der Waals surface area contributed by atoms with Crippen molar-refractivity contribution < 1.29 is 9.13 Å². The van der Waals surface area contributed by atoms with Gasteiger partial charge in [0.05, 0.1) is 18.3 Å². The number of piperazine rings is 1. The molecule has 0 amide bonds. The molecule has 1 atom stereocenters. The minimum Gasteiger partial charge on any atom is -0.359 e. The normalized spacial score (nSPS) is 20.9. The number of nitrogens with zero attached hydrogens (tertiary/aromatic N) is 4. The van der Waals surface area contributed by atoms with Gasteiger partial charge in [-0.15, -0.1) is 0 Å². The molecule has 1 aromatic carbocycles. The Hall–Kier alpha value is -2.18. The third-order valence-corrected chi connectivity index (χ3v) is 5.56. The van der Waals surface area contributed by atoms with Gasteiger partial charge < -0.3 is 14.5 Å². The molecule has 2 aliphatic heterocycles. The van der Waals surface area contributed by atoms with Crippen LogP contribution in [0.15, 0.2) is 36.5 Å². The van der Waals surface area contributed by atoms with Gasteiger partial charge in [0, 0.05) is 50.0 Å². The highest BCUT2D eigenvalue weighted by Crippen LogP contribution is 2.35. The first-order valence-corrected chi connectivity index (χ1v) is 9.59. The Morgan fingerprint density at radius 3 is 2.81 bits per heavy atom. The number of aromatic nitrogens is 1. The Morgan fingerprint density at radius 2 is 2.04 bits per heavy atom. The lowest BCUT2D eigenvalue weighted by molar-refractivity contribution is 0.0841. The van der Waals surface area contributed by atoms with Crippen LogP contribution in [-0.2, 0) is 4.74 Å². The average Bonchev–Trinajstić information content (AvgIpc) is 2.66. The first kappa shape index (κ1) is 18.2. The molecule has 1 aromatic heterocycles. The molecule has 144 valence electrons. The van der Waals surface area contributed by atoms with Crippen molar-refractivity contribution in [1.29, 1.82) is 0 Å². The number of pyridine rings is 1. The fraction of sp³-hybridized carbons (Fsp3) is 0.476. The van der Waals surface area contributed by atoms with Crippen molar-refractivity contribution in [2.75, 3.05) is 49.8 Å². The maximum Gasteiger partial charge on any atom is 0.152 e. The zero-order chi connectivity index (χ0) is 19.0. The van der Waals surface area contributed by atoms with Gasteiger partial charge >= 0.3 is 0 Å². The molecular formula is C21H27FN4O. The van der Waals surface area contributed by atoms with E-state index in [2.05, 4.69) is 28.5 Å². The second-order valence-electron chi connectivity index (χ2n) is 7.68. The molecule has 2 aliphatic rings. The Morgan fingerprint density at radius 1 is 1.22 bits per heavy atom. The van der Waals surface area contributed by atoms with Crippen LogP contribution in [0.1, 0.15) is 13.8 Å². The van der Waals surface area contributed by atoms with Crippen LogP contribution < -0.4 is 9.80 Å². The van der Waals surface area contributed by atoms with Gasteiger partial charge in [0.15, 0.2) is 5.82 Å². The fourth-order valence-electron chi connectivity index (χ4n) is 3.96. The third kappa shape index (κ3) is 3.51. The van der Waals surface area contributed by atoms with Crippen LogP contribution in [0.4, 0.5) is 15.9 Å². The zero-order valence-electron chi connectivity index (χ0n) is 16.2. The molecule has 3 heterocycles. The smallest absolute Gasteiger partial charge is 0.152 e. The fourth-order valence-corrected chi connectivity index (χ4v) is 3.96. The molecule has 0 saturated carbocycles. The molecule has 0 radical (unpaired) electrons. The van der Waals surface area contributed by atoms with Gasteiger partial charge in [-0.2, -0.15) is 0 Å². The predicted molar refractivity (Wildman–Crippen MR) is 107 cm³/mol. The molecule has 2 aromatic rings. The van der Waals surface area contributed by atoms with Crippen LogP contribution >= 0.6 is 0 Å². The topological polar surface area (TPSA) is 31.8 Å². The summed E-state index contributed by atoms with van der Waals surface area (Å²) in [4.78, 5) is 11.7. The lowest BCUT2D eigenvalue weighted by atomic mass is 10.1. The summed E-state index contributed by atoms with van der Waals surface area (Å²) in [6, 6.07) is 9.67. The van der Waals surface area contributed by atoms with Gasteiger partial charge in [-0.05, 0) is 26.0 Å². The van der Waals surface area contributed by atoms with Gasteiger partial charge in [0.1, 0.15) is 12.5 Å².